The summed E-state index contributed by atoms with van der Waals surface area (Å²) in [6.07, 6.45) is 12.8. The maximum absolute atomic E-state index is 12.3. The van der Waals surface area contributed by atoms with Crippen molar-refractivity contribution in [3.8, 4) is 17.2 Å². The van der Waals surface area contributed by atoms with Gasteiger partial charge >= 0.3 is 5.97 Å². The molecule has 36 heavy (non-hydrogen) atoms. The summed E-state index contributed by atoms with van der Waals surface area (Å²) >= 11 is 0. The third-order valence-electron chi connectivity index (χ3n) is 6.08. The molecule has 0 atom stereocenters. The number of carbonyl (C=O) groups is 1. The van der Waals surface area contributed by atoms with Gasteiger partial charge in [-0.05, 0) is 61.4 Å². The maximum Gasteiger partial charge on any atom is 0.343 e. The van der Waals surface area contributed by atoms with Crippen molar-refractivity contribution >= 4 is 11.7 Å². The number of ether oxygens (including phenoxy) is 3. The molecule has 6 heteroatoms. The Morgan fingerprint density at radius 2 is 1.28 bits per heavy atom. The molecule has 2 aromatic carbocycles. The molecule has 0 aliphatic carbocycles. The molecule has 0 saturated carbocycles. The first-order valence-electron chi connectivity index (χ1n) is 12.8. The summed E-state index contributed by atoms with van der Waals surface area (Å²) in [7, 11) is 5.73. The van der Waals surface area contributed by atoms with Crippen LogP contribution in [-0.4, -0.2) is 33.8 Å². The van der Waals surface area contributed by atoms with Crippen molar-refractivity contribution in [3.63, 3.8) is 0 Å². The van der Waals surface area contributed by atoms with E-state index < -0.39 is 5.97 Å². The van der Waals surface area contributed by atoms with E-state index in [4.69, 9.17) is 14.2 Å². The van der Waals surface area contributed by atoms with Crippen LogP contribution in [0.5, 0.6) is 17.2 Å². The van der Waals surface area contributed by atoms with Crippen LogP contribution in [0.3, 0.4) is 0 Å². The molecule has 0 spiro atoms. The van der Waals surface area contributed by atoms with Gasteiger partial charge in [0.2, 0.25) is 0 Å². The highest BCUT2D eigenvalue weighted by Gasteiger charge is 2.09. The van der Waals surface area contributed by atoms with Crippen LogP contribution >= 0.6 is 0 Å². The van der Waals surface area contributed by atoms with Gasteiger partial charge in [-0.15, -0.1) is 0 Å². The van der Waals surface area contributed by atoms with E-state index >= 15 is 0 Å². The normalized spacial score (nSPS) is 10.6. The SMILES string of the molecule is COc1ccc(OC(=O)c2ccc(OCCCCCCCCC[n+]3ccc(N(C)C)cc3)cc2)cc1. The molecule has 6 nitrogen and oxygen atoms in total. The average Bonchev–Trinajstić information content (AvgIpc) is 2.90. The molecule has 3 rings (SSSR count). The van der Waals surface area contributed by atoms with Gasteiger partial charge in [-0.25, -0.2) is 9.36 Å². The molecular weight excluding hydrogens is 452 g/mol. The van der Waals surface area contributed by atoms with Gasteiger partial charge in [0.25, 0.3) is 0 Å². The highest BCUT2D eigenvalue weighted by Crippen LogP contribution is 2.19. The number of rotatable bonds is 15. The number of benzene rings is 2. The van der Waals surface area contributed by atoms with Crippen LogP contribution in [-0.2, 0) is 6.54 Å². The Labute approximate surface area is 215 Å². The zero-order chi connectivity index (χ0) is 25.6. The topological polar surface area (TPSA) is 51.9 Å². The molecule has 0 aliphatic rings. The maximum atomic E-state index is 12.3. The molecule has 1 heterocycles. The number of esters is 1. The van der Waals surface area contributed by atoms with E-state index in [1.165, 1.54) is 44.2 Å². The fourth-order valence-electron chi connectivity index (χ4n) is 3.86. The minimum absolute atomic E-state index is 0.396. The minimum atomic E-state index is -0.396. The standard InChI is InChI=1S/C30H39N2O4/c1-31(2)26-19-22-32(23-20-26)21-9-7-5-4-6-8-10-24-35-28-13-11-25(12-14-28)30(33)36-29-17-15-27(34-3)16-18-29/h11-20,22-23H,4-10,21,24H2,1-3H3/q+1. The van der Waals surface area contributed by atoms with E-state index in [9.17, 15) is 4.79 Å². The van der Waals surface area contributed by atoms with Crippen LogP contribution in [0.2, 0.25) is 0 Å². The van der Waals surface area contributed by atoms with Gasteiger partial charge in [-0.1, -0.05) is 25.7 Å². The van der Waals surface area contributed by atoms with E-state index in [0.717, 1.165) is 18.7 Å². The van der Waals surface area contributed by atoms with Crippen molar-refractivity contribution in [1.29, 1.82) is 0 Å². The van der Waals surface area contributed by atoms with Gasteiger partial charge in [0, 0.05) is 38.3 Å². The third kappa shape index (κ3) is 9.25. The molecule has 0 saturated heterocycles. The average molecular weight is 492 g/mol. The molecule has 192 valence electrons. The number of pyridine rings is 1. The van der Waals surface area contributed by atoms with Crippen LogP contribution in [0.15, 0.2) is 73.1 Å². The Hall–Kier alpha value is -3.54. The zero-order valence-corrected chi connectivity index (χ0v) is 21.8. The smallest absolute Gasteiger partial charge is 0.343 e. The molecule has 0 unspecified atom stereocenters. The van der Waals surface area contributed by atoms with Crippen LogP contribution in [0.1, 0.15) is 55.3 Å². The molecule has 0 amide bonds. The number of nitrogens with zero attached hydrogens (tertiary/aromatic N) is 2. The van der Waals surface area contributed by atoms with E-state index in [1.807, 2.05) is 12.1 Å². The first-order chi connectivity index (χ1) is 17.5. The number of aromatic nitrogens is 1. The van der Waals surface area contributed by atoms with Crippen LogP contribution in [0.25, 0.3) is 0 Å². The lowest BCUT2D eigenvalue weighted by Crippen LogP contribution is -2.32. The Bertz CT molecular complexity index is 1030. The van der Waals surface area contributed by atoms with Gasteiger partial charge in [0.15, 0.2) is 12.4 Å². The molecule has 1 aromatic heterocycles. The van der Waals surface area contributed by atoms with Crippen molar-refractivity contribution in [3.05, 3.63) is 78.6 Å². The van der Waals surface area contributed by atoms with E-state index in [1.54, 1.807) is 43.5 Å². The lowest BCUT2D eigenvalue weighted by atomic mass is 10.1. The Morgan fingerprint density at radius 3 is 1.89 bits per heavy atom. The number of aryl methyl sites for hydroxylation is 1. The number of anilines is 1. The summed E-state index contributed by atoms with van der Waals surface area (Å²) in [5.74, 6) is 1.57. The highest BCUT2D eigenvalue weighted by atomic mass is 16.5. The number of hydrogen-bond donors (Lipinski definition) is 0. The summed E-state index contributed by atoms with van der Waals surface area (Å²) in [6, 6.07) is 18.3. The molecular formula is C30H39N2O4+. The molecule has 0 aliphatic heterocycles. The van der Waals surface area contributed by atoms with E-state index in [2.05, 4.69) is 48.1 Å². The van der Waals surface area contributed by atoms with Crippen molar-refractivity contribution in [2.75, 3.05) is 32.7 Å². The van der Waals surface area contributed by atoms with Gasteiger partial charge in [-0.2, -0.15) is 0 Å². The Balaban J connectivity index is 1.21. The van der Waals surface area contributed by atoms with Crippen molar-refractivity contribution < 1.29 is 23.6 Å². The summed E-state index contributed by atoms with van der Waals surface area (Å²) in [5, 5.41) is 0. The van der Waals surface area contributed by atoms with Crippen molar-refractivity contribution in [2.45, 2.75) is 51.5 Å². The fraction of sp³-hybridized carbons (Fsp3) is 0.400. The molecule has 0 fully saturated rings. The second-order valence-corrected chi connectivity index (χ2v) is 9.10. The highest BCUT2D eigenvalue weighted by molar-refractivity contribution is 5.91. The Kier molecular flexibility index (Phi) is 11.1. The summed E-state index contributed by atoms with van der Waals surface area (Å²) in [6.45, 7) is 1.77. The number of carbonyl (C=O) groups excluding carboxylic acids is 1. The monoisotopic (exact) mass is 491 g/mol. The summed E-state index contributed by atoms with van der Waals surface area (Å²) in [4.78, 5) is 14.4. The second-order valence-electron chi connectivity index (χ2n) is 9.10. The van der Waals surface area contributed by atoms with Crippen molar-refractivity contribution in [1.82, 2.24) is 0 Å². The molecule has 0 bridgehead atoms. The molecule has 0 N–H and O–H groups in total. The first-order valence-corrected chi connectivity index (χ1v) is 12.8. The number of unbranched alkanes of at least 4 members (excludes halogenated alkanes) is 6. The van der Waals surface area contributed by atoms with Gasteiger partial charge in [0.1, 0.15) is 23.8 Å². The van der Waals surface area contributed by atoms with Crippen LogP contribution in [0, 0.1) is 0 Å². The predicted octanol–water partition coefficient (Wildman–Crippen LogP) is 6.08. The van der Waals surface area contributed by atoms with Gasteiger partial charge in [0.05, 0.1) is 19.3 Å². The molecule has 3 aromatic rings. The fourth-order valence-corrected chi connectivity index (χ4v) is 3.86. The number of methoxy groups -OCH3 is 1. The summed E-state index contributed by atoms with van der Waals surface area (Å²) < 4.78 is 18.6. The number of hydrogen-bond acceptors (Lipinski definition) is 5. The zero-order valence-electron chi connectivity index (χ0n) is 21.8. The van der Waals surface area contributed by atoms with E-state index in [-0.39, 0.29) is 0 Å². The summed E-state index contributed by atoms with van der Waals surface area (Å²) in [5.41, 5.74) is 1.72. The first kappa shape index (κ1) is 27.1. The van der Waals surface area contributed by atoms with E-state index in [0.29, 0.717) is 23.7 Å². The van der Waals surface area contributed by atoms with Crippen LogP contribution < -0.4 is 23.7 Å². The second kappa shape index (κ2) is 14.8. The quantitative estimate of drug-likeness (QED) is 0.112. The third-order valence-corrected chi connectivity index (χ3v) is 6.08. The lowest BCUT2D eigenvalue weighted by molar-refractivity contribution is -0.697. The van der Waals surface area contributed by atoms with Gasteiger partial charge in [-0.3, -0.25) is 0 Å². The largest absolute Gasteiger partial charge is 0.497 e. The van der Waals surface area contributed by atoms with Crippen molar-refractivity contribution in [2.24, 2.45) is 0 Å². The van der Waals surface area contributed by atoms with Crippen LogP contribution in [0.4, 0.5) is 5.69 Å². The molecule has 0 radical (unpaired) electrons. The lowest BCUT2D eigenvalue weighted by Gasteiger charge is -2.10. The minimum Gasteiger partial charge on any atom is -0.497 e. The Morgan fingerprint density at radius 1 is 0.722 bits per heavy atom. The van der Waals surface area contributed by atoms with Gasteiger partial charge < -0.3 is 19.1 Å². The predicted molar refractivity (Wildman–Crippen MR) is 143 cm³/mol.